The van der Waals surface area contributed by atoms with Crippen LogP contribution in [0.1, 0.15) is 23.2 Å². The van der Waals surface area contributed by atoms with E-state index in [2.05, 4.69) is 20.4 Å². The van der Waals surface area contributed by atoms with E-state index in [1.807, 2.05) is 36.4 Å². The van der Waals surface area contributed by atoms with Crippen LogP contribution in [0.5, 0.6) is 0 Å². The Morgan fingerprint density at radius 1 is 1.07 bits per heavy atom. The van der Waals surface area contributed by atoms with Crippen molar-refractivity contribution in [3.05, 3.63) is 76.0 Å². The molecule has 30 heavy (non-hydrogen) atoms. The van der Waals surface area contributed by atoms with Gasteiger partial charge in [0.2, 0.25) is 0 Å². The second-order valence-electron chi connectivity index (χ2n) is 7.14. The molecule has 8 heteroatoms. The molecule has 3 aromatic rings. The first-order valence-electron chi connectivity index (χ1n) is 9.61. The van der Waals surface area contributed by atoms with Crippen molar-refractivity contribution in [3.63, 3.8) is 0 Å². The number of rotatable bonds is 4. The maximum Gasteiger partial charge on any atom is 0.251 e. The minimum atomic E-state index is -0.608. The Balaban J connectivity index is 1.43. The minimum absolute atomic E-state index is 0.00537. The molecule has 1 aliphatic heterocycles. The lowest BCUT2D eigenvalue weighted by molar-refractivity contribution is 0.0932. The molecule has 1 amide bonds. The van der Waals surface area contributed by atoms with Gasteiger partial charge in [-0.3, -0.25) is 4.79 Å². The van der Waals surface area contributed by atoms with Gasteiger partial charge in [0.05, 0.1) is 15.7 Å². The van der Waals surface area contributed by atoms with E-state index in [0.29, 0.717) is 17.3 Å². The minimum Gasteiger partial charge on any atom is -0.353 e. The largest absolute Gasteiger partial charge is 0.353 e. The average molecular weight is 445 g/mol. The molecule has 1 N–H and O–H groups in total. The van der Waals surface area contributed by atoms with Crippen LogP contribution in [0.4, 0.5) is 10.2 Å². The standard InChI is InChI=1S/C22H19Cl2FN4O/c23-17-6-2-1-5-16(17)20-9-10-21(28-27-20)29-11-3-4-15(13-29)26-22(30)14-7-8-18(24)19(25)12-14/h1-2,5-10,12,15H,3-4,11,13H2,(H,26,30). The summed E-state index contributed by atoms with van der Waals surface area (Å²) in [6.45, 7) is 1.42. The first kappa shape index (κ1) is 20.6. The third kappa shape index (κ3) is 4.55. The van der Waals surface area contributed by atoms with Crippen molar-refractivity contribution in [1.29, 1.82) is 0 Å². The van der Waals surface area contributed by atoms with Gasteiger partial charge in [-0.15, -0.1) is 10.2 Å². The topological polar surface area (TPSA) is 58.1 Å². The molecule has 1 aromatic heterocycles. The van der Waals surface area contributed by atoms with Gasteiger partial charge in [0, 0.05) is 30.3 Å². The monoisotopic (exact) mass is 444 g/mol. The van der Waals surface area contributed by atoms with E-state index in [0.717, 1.165) is 36.8 Å². The van der Waals surface area contributed by atoms with E-state index in [1.165, 1.54) is 12.1 Å². The third-order valence-corrected chi connectivity index (χ3v) is 5.70. The fourth-order valence-corrected chi connectivity index (χ4v) is 3.87. The number of anilines is 1. The fraction of sp³-hybridized carbons (Fsp3) is 0.227. The number of piperidine rings is 1. The third-order valence-electron chi connectivity index (χ3n) is 5.06. The number of hydrogen-bond acceptors (Lipinski definition) is 4. The van der Waals surface area contributed by atoms with E-state index < -0.39 is 5.82 Å². The molecule has 0 aliphatic carbocycles. The number of amides is 1. The quantitative estimate of drug-likeness (QED) is 0.615. The smallest absolute Gasteiger partial charge is 0.251 e. The second-order valence-corrected chi connectivity index (χ2v) is 7.96. The molecule has 0 spiro atoms. The number of benzene rings is 2. The lowest BCUT2D eigenvalue weighted by Gasteiger charge is -2.33. The van der Waals surface area contributed by atoms with Crippen molar-refractivity contribution in [2.75, 3.05) is 18.0 Å². The molecule has 0 saturated carbocycles. The van der Waals surface area contributed by atoms with Crippen LogP contribution in [0.15, 0.2) is 54.6 Å². The Kier molecular flexibility index (Phi) is 6.16. The number of hydrogen-bond donors (Lipinski definition) is 1. The maximum atomic E-state index is 13.6. The molecule has 0 radical (unpaired) electrons. The molecule has 2 aromatic carbocycles. The van der Waals surface area contributed by atoms with Gasteiger partial charge in [0.1, 0.15) is 5.82 Å². The van der Waals surface area contributed by atoms with Crippen molar-refractivity contribution in [3.8, 4) is 11.3 Å². The molecule has 1 atom stereocenters. The zero-order chi connectivity index (χ0) is 21.1. The molecule has 4 rings (SSSR count). The molecule has 1 fully saturated rings. The van der Waals surface area contributed by atoms with Crippen LogP contribution in [0, 0.1) is 5.82 Å². The van der Waals surface area contributed by atoms with Crippen LogP contribution in [0.3, 0.4) is 0 Å². The Labute approximate surface area is 183 Å². The van der Waals surface area contributed by atoms with Crippen LogP contribution in [0.25, 0.3) is 11.3 Å². The van der Waals surface area contributed by atoms with Gasteiger partial charge in [-0.25, -0.2) is 4.39 Å². The molecule has 1 saturated heterocycles. The highest BCUT2D eigenvalue weighted by molar-refractivity contribution is 6.33. The van der Waals surface area contributed by atoms with Crippen LogP contribution in [-0.2, 0) is 0 Å². The van der Waals surface area contributed by atoms with Gasteiger partial charge in [-0.2, -0.15) is 0 Å². The van der Waals surface area contributed by atoms with E-state index in [-0.39, 0.29) is 22.5 Å². The highest BCUT2D eigenvalue weighted by atomic mass is 35.5. The number of carbonyl (C=O) groups is 1. The van der Waals surface area contributed by atoms with Crippen LogP contribution in [-0.4, -0.2) is 35.2 Å². The van der Waals surface area contributed by atoms with Crippen molar-refractivity contribution in [2.45, 2.75) is 18.9 Å². The SMILES string of the molecule is O=C(NC1CCCN(c2ccc(-c3ccccc3Cl)nn2)C1)c1ccc(Cl)c(F)c1. The summed E-state index contributed by atoms with van der Waals surface area (Å²) >= 11 is 11.9. The fourth-order valence-electron chi connectivity index (χ4n) is 3.52. The van der Waals surface area contributed by atoms with Crippen LogP contribution < -0.4 is 10.2 Å². The van der Waals surface area contributed by atoms with Crippen molar-refractivity contribution in [2.24, 2.45) is 0 Å². The van der Waals surface area contributed by atoms with Gasteiger partial charge >= 0.3 is 0 Å². The van der Waals surface area contributed by atoms with E-state index in [9.17, 15) is 9.18 Å². The molecule has 1 aliphatic rings. The van der Waals surface area contributed by atoms with Crippen molar-refractivity contribution in [1.82, 2.24) is 15.5 Å². The summed E-state index contributed by atoms with van der Waals surface area (Å²) in [5.74, 6) is -0.191. The molecular weight excluding hydrogens is 426 g/mol. The van der Waals surface area contributed by atoms with Gasteiger partial charge in [0.25, 0.3) is 5.91 Å². The summed E-state index contributed by atoms with van der Waals surface area (Å²) in [5, 5.41) is 12.3. The lowest BCUT2D eigenvalue weighted by Crippen LogP contribution is -2.48. The molecule has 2 heterocycles. The Morgan fingerprint density at radius 2 is 1.90 bits per heavy atom. The highest BCUT2D eigenvalue weighted by Gasteiger charge is 2.23. The number of aromatic nitrogens is 2. The predicted octanol–water partition coefficient (Wildman–Crippen LogP) is 4.99. The predicted molar refractivity (Wildman–Crippen MR) is 117 cm³/mol. The Hall–Kier alpha value is -2.70. The van der Waals surface area contributed by atoms with Gasteiger partial charge in [0.15, 0.2) is 5.82 Å². The number of nitrogens with zero attached hydrogens (tertiary/aromatic N) is 3. The highest BCUT2D eigenvalue weighted by Crippen LogP contribution is 2.27. The molecule has 5 nitrogen and oxygen atoms in total. The van der Waals surface area contributed by atoms with Crippen LogP contribution in [0.2, 0.25) is 10.0 Å². The first-order chi connectivity index (χ1) is 14.5. The van der Waals surface area contributed by atoms with E-state index in [4.69, 9.17) is 23.2 Å². The Morgan fingerprint density at radius 3 is 2.63 bits per heavy atom. The summed E-state index contributed by atoms with van der Waals surface area (Å²) < 4.78 is 13.6. The van der Waals surface area contributed by atoms with Crippen LogP contribution >= 0.6 is 23.2 Å². The zero-order valence-electron chi connectivity index (χ0n) is 16.0. The number of halogens is 3. The number of nitrogens with one attached hydrogen (secondary N) is 1. The van der Waals surface area contributed by atoms with E-state index >= 15 is 0 Å². The summed E-state index contributed by atoms with van der Waals surface area (Å²) in [6.07, 6.45) is 1.73. The van der Waals surface area contributed by atoms with Crippen molar-refractivity contribution >= 4 is 34.9 Å². The molecule has 0 bridgehead atoms. The first-order valence-corrected chi connectivity index (χ1v) is 10.4. The molecule has 154 valence electrons. The van der Waals surface area contributed by atoms with Crippen molar-refractivity contribution < 1.29 is 9.18 Å². The van der Waals surface area contributed by atoms with Gasteiger partial charge < -0.3 is 10.2 Å². The second kappa shape index (κ2) is 8.98. The lowest BCUT2D eigenvalue weighted by atomic mass is 10.0. The van der Waals surface area contributed by atoms with Gasteiger partial charge in [-0.05, 0) is 49.2 Å². The summed E-state index contributed by atoms with van der Waals surface area (Å²) in [4.78, 5) is 14.6. The zero-order valence-corrected chi connectivity index (χ0v) is 17.5. The summed E-state index contributed by atoms with van der Waals surface area (Å²) in [7, 11) is 0. The van der Waals surface area contributed by atoms with E-state index in [1.54, 1.807) is 0 Å². The molecule has 1 unspecified atom stereocenters. The van der Waals surface area contributed by atoms with Gasteiger partial charge in [-0.1, -0.05) is 41.4 Å². The summed E-state index contributed by atoms with van der Waals surface area (Å²) in [5.41, 5.74) is 1.78. The number of carbonyl (C=O) groups excluding carboxylic acids is 1. The summed E-state index contributed by atoms with van der Waals surface area (Å²) in [6, 6.07) is 15.3. The average Bonchev–Trinajstić information content (AvgIpc) is 2.76. The molecular formula is C22H19Cl2FN4O. The normalized spacial score (nSPS) is 16.4. The Bertz CT molecular complexity index is 1060. The maximum absolute atomic E-state index is 13.6.